The number of nitrogens with one attached hydrogen (secondary N) is 2. The number of halogens is 1. The summed E-state index contributed by atoms with van der Waals surface area (Å²) in [6.45, 7) is 7.67. The van der Waals surface area contributed by atoms with E-state index in [0.717, 1.165) is 37.2 Å². The zero-order valence-corrected chi connectivity index (χ0v) is 20.4. The Balaban J connectivity index is 1.63. The van der Waals surface area contributed by atoms with Crippen LogP contribution in [0, 0.1) is 11.8 Å². The number of nitrogens with zero attached hydrogens (tertiary/aromatic N) is 1. The van der Waals surface area contributed by atoms with Crippen molar-refractivity contribution in [1.82, 2.24) is 15.5 Å². The van der Waals surface area contributed by atoms with Crippen LogP contribution in [0.25, 0.3) is 0 Å². The van der Waals surface area contributed by atoms with Gasteiger partial charge in [0.1, 0.15) is 5.75 Å². The van der Waals surface area contributed by atoms with Crippen molar-refractivity contribution in [3.63, 3.8) is 0 Å². The summed E-state index contributed by atoms with van der Waals surface area (Å²) in [7, 11) is 3.68. The minimum absolute atomic E-state index is 0.0519. The van der Waals surface area contributed by atoms with Crippen LogP contribution in [0.2, 0.25) is 5.02 Å². The van der Waals surface area contributed by atoms with Crippen LogP contribution in [-0.2, 0) is 25.5 Å². The van der Waals surface area contributed by atoms with Gasteiger partial charge in [0.2, 0.25) is 11.8 Å². The number of carbonyl (C=O) groups excluding carboxylic acids is 2. The molecule has 0 aliphatic carbocycles. The lowest BCUT2D eigenvalue weighted by molar-refractivity contribution is -0.127. The van der Waals surface area contributed by atoms with Crippen molar-refractivity contribution in [2.24, 2.45) is 11.8 Å². The number of carbonyl (C=O) groups is 2. The Hall–Kier alpha value is -2.13. The summed E-state index contributed by atoms with van der Waals surface area (Å²) in [5.74, 6) is 0.913. The molecule has 1 aliphatic rings. The first-order valence-electron chi connectivity index (χ1n) is 11.3. The second kappa shape index (κ2) is 14.9. The standard InChI is InChI=1S/C24H36ClN3O5/c1-4-23(29)26-5-7-32-9-10-33-8-6-27-24(30)20-12-19(16-28(2)17-20)11-18-13-21(25)15-22(14-18)31-3/h4,13-15,19-20H,1,5-12,16-17H2,2-3H3,(H,26,29)(H,27,30)/t19-,20+/m0/s1. The molecule has 1 heterocycles. The minimum atomic E-state index is -0.217. The fourth-order valence-electron chi connectivity index (χ4n) is 4.00. The molecule has 2 rings (SSSR count). The van der Waals surface area contributed by atoms with Gasteiger partial charge in [-0.1, -0.05) is 18.2 Å². The molecule has 0 unspecified atom stereocenters. The fourth-order valence-corrected chi connectivity index (χ4v) is 4.25. The molecular formula is C24H36ClN3O5. The Bertz CT molecular complexity index is 776. The van der Waals surface area contributed by atoms with Gasteiger partial charge in [0.25, 0.3) is 0 Å². The van der Waals surface area contributed by atoms with Crippen molar-refractivity contribution < 1.29 is 23.8 Å². The van der Waals surface area contributed by atoms with Crippen LogP contribution in [0.4, 0.5) is 0 Å². The molecule has 1 aliphatic heterocycles. The molecule has 1 saturated heterocycles. The molecule has 0 radical (unpaired) electrons. The molecule has 0 bridgehead atoms. The third kappa shape index (κ3) is 10.6. The van der Waals surface area contributed by atoms with Gasteiger partial charge in [0, 0.05) is 31.2 Å². The number of rotatable bonds is 14. The molecular weight excluding hydrogens is 446 g/mol. The van der Waals surface area contributed by atoms with E-state index in [0.29, 0.717) is 50.5 Å². The molecule has 1 aromatic rings. The van der Waals surface area contributed by atoms with Gasteiger partial charge in [-0.25, -0.2) is 0 Å². The minimum Gasteiger partial charge on any atom is -0.497 e. The Morgan fingerprint density at radius 3 is 2.48 bits per heavy atom. The molecule has 9 heteroatoms. The highest BCUT2D eigenvalue weighted by Gasteiger charge is 2.30. The summed E-state index contributed by atoms with van der Waals surface area (Å²) in [6.07, 6.45) is 2.91. The van der Waals surface area contributed by atoms with E-state index in [-0.39, 0.29) is 17.7 Å². The Labute approximate surface area is 201 Å². The van der Waals surface area contributed by atoms with E-state index in [1.807, 2.05) is 12.1 Å². The zero-order valence-electron chi connectivity index (χ0n) is 19.6. The third-order valence-electron chi connectivity index (χ3n) is 5.43. The highest BCUT2D eigenvalue weighted by atomic mass is 35.5. The fraction of sp³-hybridized carbons (Fsp3) is 0.583. The predicted octanol–water partition coefficient (Wildman–Crippen LogP) is 1.91. The molecule has 33 heavy (non-hydrogen) atoms. The Morgan fingerprint density at radius 2 is 1.82 bits per heavy atom. The first kappa shape index (κ1) is 27.1. The Kier molecular flexibility index (Phi) is 12.2. The molecule has 184 valence electrons. The van der Waals surface area contributed by atoms with Crippen molar-refractivity contribution in [2.45, 2.75) is 12.8 Å². The largest absolute Gasteiger partial charge is 0.497 e. The first-order valence-corrected chi connectivity index (χ1v) is 11.6. The molecule has 1 aromatic carbocycles. The molecule has 2 atom stereocenters. The van der Waals surface area contributed by atoms with Gasteiger partial charge in [-0.2, -0.15) is 0 Å². The maximum absolute atomic E-state index is 12.7. The summed E-state index contributed by atoms with van der Waals surface area (Å²) in [6, 6.07) is 5.77. The average molecular weight is 482 g/mol. The number of likely N-dealkylation sites (tertiary alicyclic amines) is 1. The van der Waals surface area contributed by atoms with Crippen LogP contribution in [-0.4, -0.2) is 83.5 Å². The molecule has 1 fully saturated rings. The maximum Gasteiger partial charge on any atom is 0.243 e. The van der Waals surface area contributed by atoms with E-state index in [1.54, 1.807) is 13.2 Å². The first-order chi connectivity index (χ1) is 15.9. The second-order valence-electron chi connectivity index (χ2n) is 8.23. The number of benzene rings is 1. The van der Waals surface area contributed by atoms with Gasteiger partial charge in [0.15, 0.2) is 0 Å². The van der Waals surface area contributed by atoms with E-state index >= 15 is 0 Å². The number of ether oxygens (including phenoxy) is 3. The topological polar surface area (TPSA) is 89.1 Å². The van der Waals surface area contributed by atoms with E-state index in [1.165, 1.54) is 6.08 Å². The lowest BCUT2D eigenvalue weighted by Crippen LogP contribution is -2.45. The summed E-state index contributed by atoms with van der Waals surface area (Å²) >= 11 is 6.20. The summed E-state index contributed by atoms with van der Waals surface area (Å²) in [4.78, 5) is 25.9. The number of methoxy groups -OCH3 is 1. The quantitative estimate of drug-likeness (QED) is 0.312. The highest BCUT2D eigenvalue weighted by Crippen LogP contribution is 2.28. The monoisotopic (exact) mass is 481 g/mol. The van der Waals surface area contributed by atoms with Gasteiger partial charge < -0.3 is 29.7 Å². The van der Waals surface area contributed by atoms with Crippen molar-refractivity contribution in [2.75, 3.05) is 66.8 Å². The van der Waals surface area contributed by atoms with Crippen molar-refractivity contribution in [3.05, 3.63) is 41.4 Å². The molecule has 0 saturated carbocycles. The van der Waals surface area contributed by atoms with Gasteiger partial charge in [0.05, 0.1) is 39.5 Å². The van der Waals surface area contributed by atoms with Gasteiger partial charge in [-0.05, 0) is 55.6 Å². The second-order valence-corrected chi connectivity index (χ2v) is 8.67. The molecule has 8 nitrogen and oxygen atoms in total. The lowest BCUT2D eigenvalue weighted by Gasteiger charge is -2.35. The summed E-state index contributed by atoms with van der Waals surface area (Å²) in [5.41, 5.74) is 1.12. The normalized spacial score (nSPS) is 18.5. The van der Waals surface area contributed by atoms with Crippen molar-refractivity contribution >= 4 is 23.4 Å². The SMILES string of the molecule is C=CC(=O)NCCOCCOCCNC(=O)[C@@H]1C[C@H](Cc2cc(Cl)cc(OC)c2)CN(C)C1. The van der Waals surface area contributed by atoms with E-state index < -0.39 is 0 Å². The molecule has 2 N–H and O–H groups in total. The highest BCUT2D eigenvalue weighted by molar-refractivity contribution is 6.30. The van der Waals surface area contributed by atoms with Crippen LogP contribution in [0.3, 0.4) is 0 Å². The van der Waals surface area contributed by atoms with Gasteiger partial charge >= 0.3 is 0 Å². The van der Waals surface area contributed by atoms with Crippen molar-refractivity contribution in [3.8, 4) is 5.75 Å². The van der Waals surface area contributed by atoms with Crippen LogP contribution < -0.4 is 15.4 Å². The van der Waals surface area contributed by atoms with Crippen molar-refractivity contribution in [1.29, 1.82) is 0 Å². The zero-order chi connectivity index (χ0) is 24.1. The van der Waals surface area contributed by atoms with E-state index in [2.05, 4.69) is 29.2 Å². The van der Waals surface area contributed by atoms with Crippen LogP contribution in [0.15, 0.2) is 30.9 Å². The van der Waals surface area contributed by atoms with E-state index in [9.17, 15) is 9.59 Å². The number of piperidine rings is 1. The summed E-state index contributed by atoms with van der Waals surface area (Å²) < 4.78 is 16.2. The molecule has 2 amide bonds. The van der Waals surface area contributed by atoms with Crippen LogP contribution in [0.5, 0.6) is 5.75 Å². The average Bonchev–Trinajstić information content (AvgIpc) is 2.79. The van der Waals surface area contributed by atoms with Gasteiger partial charge in [-0.15, -0.1) is 0 Å². The van der Waals surface area contributed by atoms with E-state index in [4.69, 9.17) is 25.8 Å². The number of hydrogen-bond acceptors (Lipinski definition) is 6. The number of hydrogen-bond donors (Lipinski definition) is 2. The number of amides is 2. The predicted molar refractivity (Wildman–Crippen MR) is 129 cm³/mol. The maximum atomic E-state index is 12.7. The molecule has 0 spiro atoms. The smallest absolute Gasteiger partial charge is 0.243 e. The van der Waals surface area contributed by atoms with Crippen LogP contribution in [0.1, 0.15) is 12.0 Å². The Morgan fingerprint density at radius 1 is 1.12 bits per heavy atom. The third-order valence-corrected chi connectivity index (χ3v) is 5.65. The molecule has 0 aromatic heterocycles. The summed E-state index contributed by atoms with van der Waals surface area (Å²) in [5, 5.41) is 6.27. The van der Waals surface area contributed by atoms with Crippen LogP contribution >= 0.6 is 11.6 Å². The van der Waals surface area contributed by atoms with Gasteiger partial charge in [-0.3, -0.25) is 9.59 Å². The lowest BCUT2D eigenvalue weighted by atomic mass is 9.85.